The Morgan fingerprint density at radius 1 is 1.31 bits per heavy atom. The van der Waals surface area contributed by atoms with Gasteiger partial charge in [0.15, 0.2) is 0 Å². The van der Waals surface area contributed by atoms with E-state index in [9.17, 15) is 4.79 Å². The number of hydrogen-bond donors (Lipinski definition) is 3. The number of carboxylic acid groups (broad SMARTS) is 1. The van der Waals surface area contributed by atoms with E-state index < -0.39 is 13.1 Å². The third-order valence-corrected chi connectivity index (χ3v) is 2.09. The van der Waals surface area contributed by atoms with Crippen molar-refractivity contribution in [1.82, 2.24) is 0 Å². The van der Waals surface area contributed by atoms with Crippen molar-refractivity contribution in [3.63, 3.8) is 0 Å². The average Bonchev–Trinajstić information content (AvgIpc) is 2.03. The van der Waals surface area contributed by atoms with Gasteiger partial charge in [-0.05, 0) is 46.3 Å². The average molecular weight is 292 g/mol. The fourth-order valence-corrected chi connectivity index (χ4v) is 1.58. The van der Waals surface area contributed by atoms with Crippen molar-refractivity contribution in [1.29, 1.82) is 0 Å². The van der Waals surface area contributed by atoms with Gasteiger partial charge in [0.05, 0.1) is 5.56 Å². The van der Waals surface area contributed by atoms with E-state index in [0.29, 0.717) is 3.57 Å². The van der Waals surface area contributed by atoms with E-state index in [1.54, 1.807) is 0 Å². The third kappa shape index (κ3) is 2.68. The van der Waals surface area contributed by atoms with Gasteiger partial charge in [-0.1, -0.05) is 0 Å². The molecule has 0 bridgehead atoms. The summed E-state index contributed by atoms with van der Waals surface area (Å²) in [4.78, 5) is 10.6. The summed E-state index contributed by atoms with van der Waals surface area (Å²) < 4.78 is 0.653. The molecule has 13 heavy (non-hydrogen) atoms. The van der Waals surface area contributed by atoms with Gasteiger partial charge in [-0.25, -0.2) is 4.79 Å². The Hall–Kier alpha value is -0.595. The molecule has 0 amide bonds. The minimum absolute atomic E-state index is 0.0509. The largest absolute Gasteiger partial charge is 0.488 e. The smallest absolute Gasteiger partial charge is 0.478 e. The number of rotatable bonds is 2. The van der Waals surface area contributed by atoms with Crippen LogP contribution in [0.15, 0.2) is 18.2 Å². The van der Waals surface area contributed by atoms with Gasteiger partial charge < -0.3 is 15.2 Å². The van der Waals surface area contributed by atoms with Gasteiger partial charge in [0.2, 0.25) is 0 Å². The van der Waals surface area contributed by atoms with Crippen LogP contribution in [0.5, 0.6) is 0 Å². The van der Waals surface area contributed by atoms with Crippen LogP contribution >= 0.6 is 22.6 Å². The lowest BCUT2D eigenvalue weighted by atomic mass is 9.80. The topological polar surface area (TPSA) is 77.8 Å². The number of benzene rings is 1. The van der Waals surface area contributed by atoms with Crippen molar-refractivity contribution in [3.8, 4) is 0 Å². The van der Waals surface area contributed by atoms with Gasteiger partial charge in [-0.15, -0.1) is 0 Å². The van der Waals surface area contributed by atoms with Crippen LogP contribution in [0.25, 0.3) is 0 Å². The number of halogens is 1. The summed E-state index contributed by atoms with van der Waals surface area (Å²) in [5.41, 5.74) is 0.235. The van der Waals surface area contributed by atoms with Crippen LogP contribution in [0.1, 0.15) is 10.4 Å². The Morgan fingerprint density at radius 2 is 1.92 bits per heavy atom. The Bertz CT molecular complexity index is 339. The quantitative estimate of drug-likeness (QED) is 0.515. The lowest BCUT2D eigenvalue weighted by Gasteiger charge is -2.02. The molecule has 0 aliphatic carbocycles. The Morgan fingerprint density at radius 3 is 2.38 bits per heavy atom. The second-order valence-corrected chi connectivity index (χ2v) is 3.70. The van der Waals surface area contributed by atoms with E-state index in [0.717, 1.165) is 0 Å². The molecule has 4 nitrogen and oxygen atoms in total. The lowest BCUT2D eigenvalue weighted by molar-refractivity contribution is 0.0697. The molecule has 0 fully saturated rings. The van der Waals surface area contributed by atoms with E-state index in [-0.39, 0.29) is 11.0 Å². The van der Waals surface area contributed by atoms with Gasteiger partial charge in [0.1, 0.15) is 0 Å². The molecule has 6 heteroatoms. The molecule has 0 aromatic heterocycles. The molecule has 1 aromatic carbocycles. The number of carbonyl (C=O) groups is 1. The fourth-order valence-electron chi connectivity index (χ4n) is 0.885. The highest BCUT2D eigenvalue weighted by molar-refractivity contribution is 14.1. The molecule has 0 aliphatic rings. The summed E-state index contributed by atoms with van der Waals surface area (Å²) in [5.74, 6) is -1.08. The van der Waals surface area contributed by atoms with Crippen LogP contribution in [0.3, 0.4) is 0 Å². The molecule has 0 atom stereocenters. The zero-order valence-electron chi connectivity index (χ0n) is 6.44. The minimum atomic E-state index is -1.63. The zero-order chi connectivity index (χ0) is 10.0. The van der Waals surface area contributed by atoms with E-state index in [2.05, 4.69) is 0 Å². The van der Waals surface area contributed by atoms with E-state index in [4.69, 9.17) is 15.2 Å². The van der Waals surface area contributed by atoms with Crippen LogP contribution in [-0.4, -0.2) is 28.2 Å². The van der Waals surface area contributed by atoms with Crippen LogP contribution in [0.2, 0.25) is 0 Å². The van der Waals surface area contributed by atoms with Crippen LogP contribution in [0.4, 0.5) is 0 Å². The highest BCUT2D eigenvalue weighted by Gasteiger charge is 2.14. The molecule has 0 unspecified atom stereocenters. The summed E-state index contributed by atoms with van der Waals surface area (Å²) >= 11 is 1.91. The summed E-state index contributed by atoms with van der Waals surface area (Å²) in [7, 11) is -1.63. The predicted molar refractivity (Wildman–Crippen MR) is 55.9 cm³/mol. The first-order valence-corrected chi connectivity index (χ1v) is 4.48. The number of carboxylic acids is 1. The molecule has 1 rings (SSSR count). The first-order chi connectivity index (χ1) is 6.00. The summed E-state index contributed by atoms with van der Waals surface area (Å²) in [6, 6.07) is 4.20. The second-order valence-electron chi connectivity index (χ2n) is 2.45. The highest BCUT2D eigenvalue weighted by Crippen LogP contribution is 2.06. The molecular weight excluding hydrogens is 286 g/mol. The van der Waals surface area contributed by atoms with Crippen LogP contribution in [0, 0.1) is 3.57 Å². The molecule has 1 aromatic rings. The van der Waals surface area contributed by atoms with Gasteiger partial charge in [-0.2, -0.15) is 0 Å². The Labute approximate surface area is 88.5 Å². The second kappa shape index (κ2) is 4.08. The molecular formula is C7H6BIO4. The van der Waals surface area contributed by atoms with Crippen molar-refractivity contribution in [3.05, 3.63) is 27.3 Å². The highest BCUT2D eigenvalue weighted by atomic mass is 127. The molecule has 0 aliphatic heterocycles. The fraction of sp³-hybridized carbons (Fsp3) is 0. The third-order valence-electron chi connectivity index (χ3n) is 1.47. The normalized spacial score (nSPS) is 9.77. The number of hydrogen-bond acceptors (Lipinski definition) is 3. The number of aromatic carboxylic acids is 1. The van der Waals surface area contributed by atoms with Gasteiger partial charge >= 0.3 is 13.1 Å². The molecule has 68 valence electrons. The van der Waals surface area contributed by atoms with Crippen molar-refractivity contribution < 1.29 is 19.9 Å². The summed E-state index contributed by atoms with van der Waals surface area (Å²) in [5, 5.41) is 26.3. The molecule has 0 heterocycles. The van der Waals surface area contributed by atoms with Crippen molar-refractivity contribution in [2.24, 2.45) is 0 Å². The molecule has 3 N–H and O–H groups in total. The zero-order valence-corrected chi connectivity index (χ0v) is 8.59. The molecule has 0 saturated heterocycles. The van der Waals surface area contributed by atoms with Gasteiger partial charge in [-0.3, -0.25) is 0 Å². The molecule has 0 spiro atoms. The maximum Gasteiger partial charge on any atom is 0.488 e. The minimum Gasteiger partial charge on any atom is -0.478 e. The van der Waals surface area contributed by atoms with Gasteiger partial charge in [0.25, 0.3) is 0 Å². The standard InChI is InChI=1S/C7H6BIO4/c9-6-2-4(7(10)11)1-5(3-6)8(12)13/h1-3,12-13H,(H,10,11). The SMILES string of the molecule is O=C(O)c1cc(I)cc(B(O)O)c1. The lowest BCUT2D eigenvalue weighted by Crippen LogP contribution is -2.30. The van der Waals surface area contributed by atoms with Crippen molar-refractivity contribution >= 4 is 41.1 Å². The first kappa shape index (κ1) is 10.5. The Kier molecular flexibility index (Phi) is 3.29. The maximum atomic E-state index is 10.6. The van der Waals surface area contributed by atoms with Crippen molar-refractivity contribution in [2.45, 2.75) is 0 Å². The van der Waals surface area contributed by atoms with Crippen LogP contribution in [-0.2, 0) is 0 Å². The monoisotopic (exact) mass is 292 g/mol. The first-order valence-electron chi connectivity index (χ1n) is 3.40. The van der Waals surface area contributed by atoms with E-state index >= 15 is 0 Å². The van der Waals surface area contributed by atoms with Gasteiger partial charge in [0, 0.05) is 3.57 Å². The van der Waals surface area contributed by atoms with E-state index in [1.807, 2.05) is 22.6 Å². The predicted octanol–water partition coefficient (Wildman–Crippen LogP) is -0.331. The maximum absolute atomic E-state index is 10.6. The Balaban J connectivity index is 3.19. The summed E-state index contributed by atoms with van der Waals surface area (Å²) in [6.07, 6.45) is 0. The molecule has 0 radical (unpaired) electrons. The van der Waals surface area contributed by atoms with Crippen LogP contribution < -0.4 is 5.46 Å². The molecule has 0 saturated carbocycles. The van der Waals surface area contributed by atoms with Crippen molar-refractivity contribution in [2.75, 3.05) is 0 Å². The van der Waals surface area contributed by atoms with E-state index in [1.165, 1.54) is 18.2 Å². The summed E-state index contributed by atoms with van der Waals surface area (Å²) in [6.45, 7) is 0.